The predicted octanol–water partition coefficient (Wildman–Crippen LogP) is 3.57. The van der Waals surface area contributed by atoms with E-state index in [2.05, 4.69) is 20.5 Å². The molecule has 27 heavy (non-hydrogen) atoms. The summed E-state index contributed by atoms with van der Waals surface area (Å²) in [4.78, 5) is 6.39. The topological polar surface area (TPSA) is 48.9 Å². The first-order valence-electron chi connectivity index (χ1n) is 8.83. The Bertz CT molecular complexity index is 592. The normalized spacial score (nSPS) is 16.6. The van der Waals surface area contributed by atoms with E-state index in [0.717, 1.165) is 37.2 Å². The molecule has 1 aromatic rings. The number of rotatable bonds is 7. The lowest BCUT2D eigenvalue weighted by Crippen LogP contribution is -2.43. The molecular formula is C18H28F3IN4O. The molecule has 1 aliphatic heterocycles. The average molecular weight is 500 g/mol. The van der Waals surface area contributed by atoms with Crippen LogP contribution in [0, 0.1) is 0 Å². The van der Waals surface area contributed by atoms with E-state index < -0.39 is 12.6 Å². The number of methoxy groups -OCH3 is 1. The van der Waals surface area contributed by atoms with Gasteiger partial charge in [-0.15, -0.1) is 24.0 Å². The minimum atomic E-state index is -4.18. The summed E-state index contributed by atoms with van der Waals surface area (Å²) in [5.74, 6) is 1.18. The zero-order valence-corrected chi connectivity index (χ0v) is 18.0. The van der Waals surface area contributed by atoms with Crippen LogP contribution in [0.4, 0.5) is 13.2 Å². The smallest absolute Gasteiger partial charge is 0.390 e. The van der Waals surface area contributed by atoms with Gasteiger partial charge in [0.25, 0.3) is 0 Å². The van der Waals surface area contributed by atoms with Crippen LogP contribution >= 0.6 is 24.0 Å². The molecule has 1 saturated heterocycles. The molecule has 154 valence electrons. The number of aliphatic imine (C=N–C) groups is 1. The fraction of sp³-hybridized carbons (Fsp3) is 0.611. The summed E-state index contributed by atoms with van der Waals surface area (Å²) >= 11 is 0. The molecule has 1 unspecified atom stereocenters. The summed E-state index contributed by atoms with van der Waals surface area (Å²) in [5, 5.41) is 5.88. The van der Waals surface area contributed by atoms with Gasteiger partial charge in [0.2, 0.25) is 0 Å². The van der Waals surface area contributed by atoms with Gasteiger partial charge in [-0.05, 0) is 32.0 Å². The van der Waals surface area contributed by atoms with Crippen LogP contribution in [0.15, 0.2) is 29.3 Å². The fourth-order valence-electron chi connectivity index (χ4n) is 3.17. The number of guanidine groups is 1. The van der Waals surface area contributed by atoms with Crippen molar-refractivity contribution in [3.8, 4) is 5.75 Å². The summed E-state index contributed by atoms with van der Waals surface area (Å²) in [6.07, 6.45) is -2.79. The van der Waals surface area contributed by atoms with Crippen molar-refractivity contribution in [2.75, 3.05) is 40.3 Å². The second-order valence-electron chi connectivity index (χ2n) is 6.25. The molecule has 1 aliphatic rings. The minimum absolute atomic E-state index is 0. The third-order valence-corrected chi connectivity index (χ3v) is 4.47. The SMILES string of the molecule is CN=C(NCCC(F)(F)F)NCC(c1ccccc1OC)N1CCCC1.I. The van der Waals surface area contributed by atoms with Crippen LogP contribution in [-0.2, 0) is 0 Å². The van der Waals surface area contributed by atoms with E-state index in [1.54, 1.807) is 14.2 Å². The van der Waals surface area contributed by atoms with Gasteiger partial charge < -0.3 is 15.4 Å². The number of nitrogens with zero attached hydrogens (tertiary/aromatic N) is 2. The lowest BCUT2D eigenvalue weighted by Gasteiger charge is -2.30. The zero-order chi connectivity index (χ0) is 19.0. The quantitative estimate of drug-likeness (QED) is 0.342. The number of halogens is 4. The molecule has 1 aromatic carbocycles. The highest BCUT2D eigenvalue weighted by molar-refractivity contribution is 14.0. The Morgan fingerprint density at radius 2 is 1.89 bits per heavy atom. The van der Waals surface area contributed by atoms with E-state index in [9.17, 15) is 13.2 Å². The van der Waals surface area contributed by atoms with Crippen molar-refractivity contribution >= 4 is 29.9 Å². The molecule has 1 fully saturated rings. The van der Waals surface area contributed by atoms with Gasteiger partial charge in [-0.1, -0.05) is 18.2 Å². The van der Waals surface area contributed by atoms with Crippen molar-refractivity contribution in [2.24, 2.45) is 4.99 Å². The van der Waals surface area contributed by atoms with Crippen molar-refractivity contribution in [3.63, 3.8) is 0 Å². The molecule has 2 N–H and O–H groups in total. The molecule has 0 aromatic heterocycles. The maximum Gasteiger partial charge on any atom is 0.390 e. The van der Waals surface area contributed by atoms with Crippen LogP contribution in [0.3, 0.4) is 0 Å². The summed E-state index contributed by atoms with van der Waals surface area (Å²) in [6, 6.07) is 7.92. The Morgan fingerprint density at radius 1 is 1.22 bits per heavy atom. The van der Waals surface area contributed by atoms with Crippen molar-refractivity contribution in [1.82, 2.24) is 15.5 Å². The largest absolute Gasteiger partial charge is 0.496 e. The van der Waals surface area contributed by atoms with Gasteiger partial charge in [-0.25, -0.2) is 0 Å². The summed E-state index contributed by atoms with van der Waals surface area (Å²) < 4.78 is 42.4. The van der Waals surface area contributed by atoms with Crippen molar-refractivity contribution in [2.45, 2.75) is 31.5 Å². The van der Waals surface area contributed by atoms with E-state index in [-0.39, 0.29) is 36.6 Å². The maximum atomic E-state index is 12.3. The summed E-state index contributed by atoms with van der Waals surface area (Å²) in [7, 11) is 3.20. The highest BCUT2D eigenvalue weighted by atomic mass is 127. The van der Waals surface area contributed by atoms with Gasteiger partial charge >= 0.3 is 6.18 Å². The van der Waals surface area contributed by atoms with Gasteiger partial charge in [0.05, 0.1) is 19.6 Å². The lowest BCUT2D eigenvalue weighted by atomic mass is 10.0. The van der Waals surface area contributed by atoms with Gasteiger partial charge in [-0.3, -0.25) is 9.89 Å². The Balaban J connectivity index is 0.00000364. The molecule has 1 atom stereocenters. The van der Waals surface area contributed by atoms with Crippen LogP contribution in [0.25, 0.3) is 0 Å². The van der Waals surface area contributed by atoms with Crippen LogP contribution in [0.2, 0.25) is 0 Å². The molecule has 2 rings (SSSR count). The van der Waals surface area contributed by atoms with Crippen molar-refractivity contribution in [3.05, 3.63) is 29.8 Å². The first-order chi connectivity index (χ1) is 12.4. The number of alkyl halides is 3. The number of hydrogen-bond acceptors (Lipinski definition) is 3. The van der Waals surface area contributed by atoms with Gasteiger partial charge in [-0.2, -0.15) is 13.2 Å². The Kier molecular flexibility index (Phi) is 10.2. The fourth-order valence-corrected chi connectivity index (χ4v) is 3.17. The van der Waals surface area contributed by atoms with Gasteiger partial charge in [0.15, 0.2) is 5.96 Å². The number of likely N-dealkylation sites (tertiary alicyclic amines) is 1. The number of nitrogens with one attached hydrogen (secondary N) is 2. The number of para-hydroxylation sites is 1. The second-order valence-corrected chi connectivity index (χ2v) is 6.25. The standard InChI is InChI=1S/C18H27F3N4O.HI/c1-22-17(23-10-9-18(19,20)21)24-13-15(25-11-5-6-12-25)14-7-3-4-8-16(14)26-2;/h3-4,7-8,15H,5-6,9-13H2,1-2H3,(H2,22,23,24);1H. The Morgan fingerprint density at radius 3 is 2.48 bits per heavy atom. The molecule has 0 bridgehead atoms. The molecule has 0 amide bonds. The van der Waals surface area contributed by atoms with Crippen LogP contribution in [-0.4, -0.2) is 57.4 Å². The molecular weight excluding hydrogens is 472 g/mol. The molecule has 9 heteroatoms. The third kappa shape index (κ3) is 7.73. The van der Waals surface area contributed by atoms with E-state index in [4.69, 9.17) is 4.74 Å². The molecule has 0 aliphatic carbocycles. The van der Waals surface area contributed by atoms with Crippen LogP contribution in [0.5, 0.6) is 5.75 Å². The first-order valence-corrected chi connectivity index (χ1v) is 8.83. The molecule has 0 radical (unpaired) electrons. The van der Waals surface area contributed by atoms with Crippen molar-refractivity contribution < 1.29 is 17.9 Å². The van der Waals surface area contributed by atoms with E-state index in [0.29, 0.717) is 12.5 Å². The predicted molar refractivity (Wildman–Crippen MR) is 112 cm³/mol. The maximum absolute atomic E-state index is 12.3. The second kappa shape index (κ2) is 11.6. The van der Waals surface area contributed by atoms with E-state index >= 15 is 0 Å². The molecule has 0 saturated carbocycles. The lowest BCUT2D eigenvalue weighted by molar-refractivity contribution is -0.132. The first kappa shape index (κ1) is 23.8. The minimum Gasteiger partial charge on any atom is -0.496 e. The van der Waals surface area contributed by atoms with Crippen LogP contribution < -0.4 is 15.4 Å². The monoisotopic (exact) mass is 500 g/mol. The number of ether oxygens (including phenoxy) is 1. The summed E-state index contributed by atoms with van der Waals surface area (Å²) in [6.45, 7) is 2.31. The molecule has 5 nitrogen and oxygen atoms in total. The average Bonchev–Trinajstić information content (AvgIpc) is 3.14. The highest BCUT2D eigenvalue weighted by Crippen LogP contribution is 2.31. The number of hydrogen-bond donors (Lipinski definition) is 2. The molecule has 1 heterocycles. The number of benzene rings is 1. The van der Waals surface area contributed by atoms with Gasteiger partial charge in [0, 0.05) is 25.7 Å². The van der Waals surface area contributed by atoms with E-state index in [1.807, 2.05) is 24.3 Å². The Hall–Kier alpha value is -1.23. The highest BCUT2D eigenvalue weighted by Gasteiger charge is 2.27. The van der Waals surface area contributed by atoms with E-state index in [1.165, 1.54) is 0 Å². The molecule has 0 spiro atoms. The third-order valence-electron chi connectivity index (χ3n) is 4.47. The van der Waals surface area contributed by atoms with Crippen LogP contribution in [0.1, 0.15) is 30.9 Å². The zero-order valence-electron chi connectivity index (χ0n) is 15.7. The Labute approximate surface area is 175 Å². The van der Waals surface area contributed by atoms with Crippen molar-refractivity contribution in [1.29, 1.82) is 0 Å². The summed E-state index contributed by atoms with van der Waals surface area (Å²) in [5.41, 5.74) is 1.06. The van der Waals surface area contributed by atoms with Gasteiger partial charge in [0.1, 0.15) is 5.75 Å².